The molecule has 1 N–H and O–H groups in total. The summed E-state index contributed by atoms with van der Waals surface area (Å²) in [5.74, 6) is 0.767. The zero-order valence-electron chi connectivity index (χ0n) is 9.78. The number of carbonyl (C=O) groups excluding carboxylic acids is 1. The third-order valence-electron chi connectivity index (χ3n) is 2.76. The highest BCUT2D eigenvalue weighted by Gasteiger charge is 2.27. The van der Waals surface area contributed by atoms with Gasteiger partial charge in [0.25, 0.3) is 5.91 Å². The van der Waals surface area contributed by atoms with Gasteiger partial charge in [-0.1, -0.05) is 0 Å². The number of aromatic nitrogens is 2. The molecule has 0 bridgehead atoms. The summed E-state index contributed by atoms with van der Waals surface area (Å²) >= 11 is 6.96. The van der Waals surface area contributed by atoms with E-state index in [9.17, 15) is 4.79 Å². The fourth-order valence-electron chi connectivity index (χ4n) is 1.88. The quantitative estimate of drug-likeness (QED) is 0.864. The van der Waals surface area contributed by atoms with Crippen molar-refractivity contribution >= 4 is 44.9 Å². The van der Waals surface area contributed by atoms with Gasteiger partial charge in [-0.25, -0.2) is 0 Å². The van der Waals surface area contributed by atoms with Crippen molar-refractivity contribution in [3.05, 3.63) is 21.1 Å². The number of hydrogen-bond acceptors (Lipinski definition) is 4. The first-order valence-electron chi connectivity index (χ1n) is 5.29. The third kappa shape index (κ3) is 1.81. The van der Waals surface area contributed by atoms with Crippen molar-refractivity contribution < 1.29 is 4.79 Å². The minimum atomic E-state index is -0.0258. The van der Waals surface area contributed by atoms with Gasteiger partial charge in [-0.2, -0.15) is 5.10 Å². The summed E-state index contributed by atoms with van der Waals surface area (Å²) in [5.41, 5.74) is 3.65. The molecule has 0 saturated heterocycles. The predicted octanol–water partition coefficient (Wildman–Crippen LogP) is 3.21. The Morgan fingerprint density at radius 3 is 3.06 bits per heavy atom. The number of nitrogens with one attached hydrogen (secondary N) is 1. The van der Waals surface area contributed by atoms with Crippen LogP contribution in [-0.4, -0.2) is 35.1 Å². The first-order valence-corrected chi connectivity index (χ1v) is 7.89. The minimum Gasteiger partial charge on any atom is -0.343 e. The van der Waals surface area contributed by atoms with Gasteiger partial charge in [-0.3, -0.25) is 9.89 Å². The Hall–Kier alpha value is -0.790. The molecule has 0 radical (unpaired) electrons. The molecule has 4 nitrogen and oxygen atoms in total. The molecule has 0 saturated carbocycles. The van der Waals surface area contributed by atoms with E-state index in [0.29, 0.717) is 5.69 Å². The lowest BCUT2D eigenvalue weighted by Crippen LogP contribution is -2.23. The van der Waals surface area contributed by atoms with Crippen LogP contribution in [0.4, 0.5) is 0 Å². The number of aromatic amines is 1. The molecule has 1 amide bonds. The second-order valence-electron chi connectivity index (χ2n) is 4.17. The average molecular weight is 344 g/mol. The van der Waals surface area contributed by atoms with E-state index in [-0.39, 0.29) is 5.91 Å². The van der Waals surface area contributed by atoms with Gasteiger partial charge in [0.1, 0.15) is 5.69 Å². The van der Waals surface area contributed by atoms with Crippen molar-refractivity contribution in [1.82, 2.24) is 15.1 Å². The Bertz CT molecular complexity index is 632. The van der Waals surface area contributed by atoms with E-state index in [1.807, 2.05) is 0 Å². The number of halogens is 1. The third-order valence-corrected chi connectivity index (χ3v) is 5.71. The van der Waals surface area contributed by atoms with E-state index < -0.39 is 0 Å². The van der Waals surface area contributed by atoms with E-state index >= 15 is 0 Å². The number of amides is 1. The van der Waals surface area contributed by atoms with Gasteiger partial charge in [0, 0.05) is 31.0 Å². The van der Waals surface area contributed by atoms with Crippen LogP contribution in [0.15, 0.2) is 14.1 Å². The Labute approximate surface area is 121 Å². The molecular weight excluding hydrogens is 334 g/mol. The SMILES string of the molecule is CN(C)C(=O)c1[nH]nc2c1CSc1sc(Br)cc1-2. The molecule has 0 aliphatic carbocycles. The first-order chi connectivity index (χ1) is 8.58. The van der Waals surface area contributed by atoms with E-state index in [1.54, 1.807) is 42.1 Å². The summed E-state index contributed by atoms with van der Waals surface area (Å²) in [6.07, 6.45) is 0. The van der Waals surface area contributed by atoms with Crippen LogP contribution >= 0.6 is 39.0 Å². The van der Waals surface area contributed by atoms with Crippen molar-refractivity contribution in [3.63, 3.8) is 0 Å². The molecule has 1 aliphatic rings. The van der Waals surface area contributed by atoms with Crippen LogP contribution in [0.2, 0.25) is 0 Å². The highest BCUT2D eigenvalue weighted by atomic mass is 79.9. The maximum absolute atomic E-state index is 12.0. The number of rotatable bonds is 1. The largest absolute Gasteiger partial charge is 0.343 e. The number of H-pyrrole nitrogens is 1. The molecule has 0 aromatic carbocycles. The van der Waals surface area contributed by atoms with E-state index in [4.69, 9.17) is 0 Å². The fourth-order valence-corrected chi connectivity index (χ4v) is 5.09. The van der Waals surface area contributed by atoms with Gasteiger partial charge in [0.2, 0.25) is 0 Å². The molecule has 7 heteroatoms. The van der Waals surface area contributed by atoms with Crippen LogP contribution in [0.25, 0.3) is 11.3 Å². The van der Waals surface area contributed by atoms with Crippen molar-refractivity contribution in [2.45, 2.75) is 9.96 Å². The number of hydrogen-bond donors (Lipinski definition) is 1. The van der Waals surface area contributed by atoms with Gasteiger partial charge in [0.05, 0.1) is 13.7 Å². The van der Waals surface area contributed by atoms with Crippen LogP contribution in [0.3, 0.4) is 0 Å². The molecule has 18 heavy (non-hydrogen) atoms. The van der Waals surface area contributed by atoms with E-state index in [1.165, 1.54) is 4.21 Å². The highest BCUT2D eigenvalue weighted by molar-refractivity contribution is 9.11. The maximum atomic E-state index is 12.0. The first kappa shape index (κ1) is 12.3. The van der Waals surface area contributed by atoms with E-state index in [2.05, 4.69) is 32.2 Å². The maximum Gasteiger partial charge on any atom is 0.271 e. The molecule has 0 unspecified atom stereocenters. The standard InChI is InChI=1S/C11H10BrN3OS2/c1-15(2)10(16)9-6-4-17-11-5(3-7(12)18-11)8(6)13-14-9/h3H,4H2,1-2H3,(H,13,14). The van der Waals surface area contributed by atoms with Crippen LogP contribution in [0.5, 0.6) is 0 Å². The normalized spacial score (nSPS) is 13.1. The van der Waals surface area contributed by atoms with Crippen LogP contribution in [0, 0.1) is 0 Å². The monoisotopic (exact) mass is 343 g/mol. The molecule has 2 aromatic heterocycles. The fraction of sp³-hybridized carbons (Fsp3) is 0.273. The summed E-state index contributed by atoms with van der Waals surface area (Å²) < 4.78 is 2.35. The number of fused-ring (bicyclic) bond motifs is 3. The predicted molar refractivity (Wildman–Crippen MR) is 77.2 cm³/mol. The Kier molecular flexibility index (Phi) is 2.99. The molecule has 3 rings (SSSR count). The molecule has 0 spiro atoms. The van der Waals surface area contributed by atoms with Crippen LogP contribution in [0.1, 0.15) is 16.1 Å². The molecular formula is C11H10BrN3OS2. The topological polar surface area (TPSA) is 49.0 Å². The summed E-state index contributed by atoms with van der Waals surface area (Å²) in [5, 5.41) is 7.20. The summed E-state index contributed by atoms with van der Waals surface area (Å²) in [6, 6.07) is 2.07. The summed E-state index contributed by atoms with van der Waals surface area (Å²) in [7, 11) is 3.50. The number of nitrogens with zero attached hydrogens (tertiary/aromatic N) is 2. The smallest absolute Gasteiger partial charge is 0.271 e. The lowest BCUT2D eigenvalue weighted by molar-refractivity contribution is 0.0821. The van der Waals surface area contributed by atoms with Gasteiger partial charge >= 0.3 is 0 Å². The van der Waals surface area contributed by atoms with Crippen molar-refractivity contribution in [3.8, 4) is 11.3 Å². The molecule has 94 valence electrons. The van der Waals surface area contributed by atoms with Crippen molar-refractivity contribution in [2.24, 2.45) is 0 Å². The molecule has 2 aromatic rings. The van der Waals surface area contributed by atoms with Gasteiger partial charge < -0.3 is 4.90 Å². The van der Waals surface area contributed by atoms with E-state index in [0.717, 1.165) is 26.4 Å². The van der Waals surface area contributed by atoms with Crippen LogP contribution in [-0.2, 0) is 5.75 Å². The Balaban J connectivity index is 2.12. The second kappa shape index (κ2) is 4.40. The minimum absolute atomic E-state index is 0.0258. The summed E-state index contributed by atoms with van der Waals surface area (Å²) in [4.78, 5) is 13.6. The zero-order valence-corrected chi connectivity index (χ0v) is 13.0. The Morgan fingerprint density at radius 2 is 2.33 bits per heavy atom. The van der Waals surface area contributed by atoms with Crippen LogP contribution < -0.4 is 0 Å². The Morgan fingerprint density at radius 1 is 1.56 bits per heavy atom. The number of carbonyl (C=O) groups is 1. The number of thiophene rings is 1. The zero-order chi connectivity index (χ0) is 12.9. The highest BCUT2D eigenvalue weighted by Crippen LogP contribution is 2.47. The molecule has 1 aliphatic heterocycles. The molecule has 3 heterocycles. The average Bonchev–Trinajstić information content (AvgIpc) is 2.89. The van der Waals surface area contributed by atoms with Gasteiger partial charge in [0.15, 0.2) is 0 Å². The lowest BCUT2D eigenvalue weighted by Gasteiger charge is -2.13. The van der Waals surface area contributed by atoms with Crippen molar-refractivity contribution in [2.75, 3.05) is 14.1 Å². The molecule has 0 fully saturated rings. The van der Waals surface area contributed by atoms with Crippen molar-refractivity contribution in [1.29, 1.82) is 0 Å². The molecule has 0 atom stereocenters. The second-order valence-corrected chi connectivity index (χ2v) is 7.84. The number of thioether (sulfide) groups is 1. The van der Waals surface area contributed by atoms with Gasteiger partial charge in [-0.15, -0.1) is 23.1 Å². The summed E-state index contributed by atoms with van der Waals surface area (Å²) in [6.45, 7) is 0. The van der Waals surface area contributed by atoms with Gasteiger partial charge in [-0.05, 0) is 22.0 Å². The lowest BCUT2D eigenvalue weighted by atomic mass is 10.1.